The van der Waals surface area contributed by atoms with Crippen LogP contribution in [0.2, 0.25) is 5.02 Å². The van der Waals surface area contributed by atoms with Crippen LogP contribution in [0.4, 0.5) is 5.69 Å². The molecule has 18 heavy (non-hydrogen) atoms. The second-order valence-corrected chi connectivity index (χ2v) is 5.34. The van der Waals surface area contributed by atoms with Crippen molar-refractivity contribution in [2.45, 2.75) is 26.3 Å². The molecule has 1 amide bonds. The Kier molecular flexibility index (Phi) is 5.14. The molecule has 0 aromatic heterocycles. The predicted molar refractivity (Wildman–Crippen MR) is 74.0 cm³/mol. The molecule has 0 aliphatic rings. The molecule has 4 nitrogen and oxygen atoms in total. The van der Waals surface area contributed by atoms with Crippen molar-refractivity contribution < 1.29 is 9.90 Å². The topological polar surface area (TPSA) is 61.4 Å². The van der Waals surface area contributed by atoms with Crippen molar-refractivity contribution >= 4 is 23.2 Å². The van der Waals surface area contributed by atoms with Crippen LogP contribution in [0.25, 0.3) is 0 Å². The lowest BCUT2D eigenvalue weighted by atomic mass is 10.1. The first-order valence-corrected chi connectivity index (χ1v) is 6.14. The van der Waals surface area contributed by atoms with Crippen molar-refractivity contribution in [2.75, 3.05) is 18.5 Å². The highest BCUT2D eigenvalue weighted by Crippen LogP contribution is 2.19. The average Bonchev–Trinajstić information content (AvgIpc) is 2.31. The number of anilines is 1. The molecule has 1 rings (SSSR count). The normalized spacial score (nSPS) is 11.4. The van der Waals surface area contributed by atoms with Gasteiger partial charge in [-0.1, -0.05) is 17.7 Å². The number of aliphatic hydroxyl groups excluding tert-OH is 1. The second kappa shape index (κ2) is 6.18. The second-order valence-electron chi connectivity index (χ2n) is 4.90. The summed E-state index contributed by atoms with van der Waals surface area (Å²) in [6.07, 6.45) is 0. The molecule has 1 aromatic rings. The Morgan fingerprint density at radius 1 is 1.44 bits per heavy atom. The molecular formula is C13H19ClN2O2. The van der Waals surface area contributed by atoms with Crippen LogP contribution in [0.5, 0.6) is 0 Å². The number of aliphatic hydroxyl groups is 1. The molecule has 0 fully saturated rings. The Balaban J connectivity index is 2.57. The molecule has 100 valence electrons. The number of rotatable bonds is 5. The zero-order valence-electron chi connectivity index (χ0n) is 10.9. The van der Waals surface area contributed by atoms with E-state index in [2.05, 4.69) is 10.6 Å². The van der Waals surface area contributed by atoms with Crippen LogP contribution in [0.3, 0.4) is 0 Å². The Bertz CT molecular complexity index is 433. The molecule has 0 saturated carbocycles. The average molecular weight is 271 g/mol. The van der Waals surface area contributed by atoms with Gasteiger partial charge in [-0.05, 0) is 38.5 Å². The van der Waals surface area contributed by atoms with Gasteiger partial charge in [0.2, 0.25) is 5.91 Å². The molecule has 0 unspecified atom stereocenters. The first kappa shape index (κ1) is 15.0. The van der Waals surface area contributed by atoms with Crippen molar-refractivity contribution in [3.05, 3.63) is 28.8 Å². The maximum absolute atomic E-state index is 11.7. The summed E-state index contributed by atoms with van der Waals surface area (Å²) in [6, 6.07) is 5.34. The van der Waals surface area contributed by atoms with Crippen LogP contribution < -0.4 is 10.6 Å². The summed E-state index contributed by atoms with van der Waals surface area (Å²) in [7, 11) is 0. The van der Waals surface area contributed by atoms with Gasteiger partial charge in [0.15, 0.2) is 0 Å². The Labute approximate surface area is 112 Å². The molecule has 0 spiro atoms. The van der Waals surface area contributed by atoms with Crippen molar-refractivity contribution in [3.8, 4) is 0 Å². The number of hydrogen-bond donors (Lipinski definition) is 3. The van der Waals surface area contributed by atoms with Crippen LogP contribution in [0, 0.1) is 6.92 Å². The minimum Gasteiger partial charge on any atom is -0.394 e. The summed E-state index contributed by atoms with van der Waals surface area (Å²) in [4.78, 5) is 11.7. The van der Waals surface area contributed by atoms with Gasteiger partial charge in [0.05, 0.1) is 13.2 Å². The Hall–Kier alpha value is -1.10. The van der Waals surface area contributed by atoms with E-state index >= 15 is 0 Å². The zero-order chi connectivity index (χ0) is 13.8. The van der Waals surface area contributed by atoms with Gasteiger partial charge in [0.25, 0.3) is 0 Å². The molecule has 1 aromatic carbocycles. The van der Waals surface area contributed by atoms with E-state index in [4.69, 9.17) is 16.7 Å². The molecule has 0 aliphatic carbocycles. The summed E-state index contributed by atoms with van der Waals surface area (Å²) in [5.74, 6) is -0.165. The van der Waals surface area contributed by atoms with E-state index in [0.717, 1.165) is 5.56 Å². The zero-order valence-corrected chi connectivity index (χ0v) is 11.6. The molecule has 0 radical (unpaired) electrons. The third-order valence-corrected chi connectivity index (χ3v) is 2.83. The van der Waals surface area contributed by atoms with E-state index in [1.165, 1.54) is 0 Å². The van der Waals surface area contributed by atoms with Crippen molar-refractivity contribution in [1.29, 1.82) is 0 Å². The maximum atomic E-state index is 11.7. The number of nitrogens with one attached hydrogen (secondary N) is 2. The molecule has 0 saturated heterocycles. The van der Waals surface area contributed by atoms with Crippen LogP contribution >= 0.6 is 11.6 Å². The van der Waals surface area contributed by atoms with Gasteiger partial charge in [-0.2, -0.15) is 0 Å². The summed E-state index contributed by atoms with van der Waals surface area (Å²) in [5, 5.41) is 15.4. The Morgan fingerprint density at radius 3 is 2.72 bits per heavy atom. The van der Waals surface area contributed by atoms with Crippen LogP contribution in [-0.2, 0) is 4.79 Å². The molecule has 0 bridgehead atoms. The van der Waals surface area contributed by atoms with Crippen molar-refractivity contribution in [3.63, 3.8) is 0 Å². The lowest BCUT2D eigenvalue weighted by molar-refractivity contribution is -0.115. The molecule has 5 heteroatoms. The standard InChI is InChI=1S/C13H19ClN2O2/c1-9-4-5-10(14)6-11(9)16-12(18)7-15-13(2,3)8-17/h4-6,15,17H,7-8H2,1-3H3,(H,16,18). The number of aryl methyl sites for hydroxylation is 1. The quantitative estimate of drug-likeness (QED) is 0.766. The highest BCUT2D eigenvalue weighted by Gasteiger charge is 2.16. The van der Waals surface area contributed by atoms with E-state index in [1.807, 2.05) is 26.8 Å². The van der Waals surface area contributed by atoms with E-state index in [0.29, 0.717) is 10.7 Å². The summed E-state index contributed by atoms with van der Waals surface area (Å²) >= 11 is 5.87. The maximum Gasteiger partial charge on any atom is 0.238 e. The lowest BCUT2D eigenvalue weighted by Crippen LogP contribution is -2.46. The highest BCUT2D eigenvalue weighted by atomic mass is 35.5. The summed E-state index contributed by atoms with van der Waals surface area (Å²) in [5.41, 5.74) is 1.19. The number of amides is 1. The molecular weight excluding hydrogens is 252 g/mol. The van der Waals surface area contributed by atoms with Gasteiger partial charge in [-0.15, -0.1) is 0 Å². The van der Waals surface area contributed by atoms with Crippen LogP contribution in [0.15, 0.2) is 18.2 Å². The first-order valence-electron chi connectivity index (χ1n) is 5.76. The number of carbonyl (C=O) groups is 1. The van der Waals surface area contributed by atoms with Gasteiger partial charge in [0.1, 0.15) is 0 Å². The summed E-state index contributed by atoms with van der Waals surface area (Å²) < 4.78 is 0. The Morgan fingerprint density at radius 2 is 2.11 bits per heavy atom. The number of hydrogen-bond acceptors (Lipinski definition) is 3. The molecule has 3 N–H and O–H groups in total. The fraction of sp³-hybridized carbons (Fsp3) is 0.462. The first-order chi connectivity index (χ1) is 8.34. The molecule has 0 heterocycles. The fourth-order valence-corrected chi connectivity index (χ4v) is 1.47. The van der Waals surface area contributed by atoms with E-state index in [9.17, 15) is 4.79 Å². The molecule has 0 atom stereocenters. The number of benzene rings is 1. The van der Waals surface area contributed by atoms with Gasteiger partial charge < -0.3 is 15.7 Å². The van der Waals surface area contributed by atoms with Gasteiger partial charge in [0, 0.05) is 16.2 Å². The minimum atomic E-state index is -0.472. The number of halogens is 1. The molecule has 0 aliphatic heterocycles. The minimum absolute atomic E-state index is 0.0313. The van der Waals surface area contributed by atoms with Crippen LogP contribution in [-0.4, -0.2) is 29.7 Å². The van der Waals surface area contributed by atoms with E-state index < -0.39 is 5.54 Å². The van der Waals surface area contributed by atoms with Gasteiger partial charge in [-0.25, -0.2) is 0 Å². The highest BCUT2D eigenvalue weighted by molar-refractivity contribution is 6.31. The monoisotopic (exact) mass is 270 g/mol. The van der Waals surface area contributed by atoms with E-state index in [-0.39, 0.29) is 19.1 Å². The van der Waals surface area contributed by atoms with Crippen molar-refractivity contribution in [1.82, 2.24) is 5.32 Å². The number of carbonyl (C=O) groups excluding carboxylic acids is 1. The van der Waals surface area contributed by atoms with Crippen LogP contribution in [0.1, 0.15) is 19.4 Å². The van der Waals surface area contributed by atoms with Crippen molar-refractivity contribution in [2.24, 2.45) is 0 Å². The third-order valence-electron chi connectivity index (χ3n) is 2.60. The largest absolute Gasteiger partial charge is 0.394 e. The fourth-order valence-electron chi connectivity index (χ4n) is 1.30. The SMILES string of the molecule is Cc1ccc(Cl)cc1NC(=O)CNC(C)(C)CO. The predicted octanol–water partition coefficient (Wildman–Crippen LogP) is 1.95. The van der Waals surface area contributed by atoms with Gasteiger partial charge in [-0.3, -0.25) is 4.79 Å². The van der Waals surface area contributed by atoms with E-state index in [1.54, 1.807) is 12.1 Å². The summed E-state index contributed by atoms with van der Waals surface area (Å²) in [6.45, 7) is 5.66. The van der Waals surface area contributed by atoms with Gasteiger partial charge >= 0.3 is 0 Å². The smallest absolute Gasteiger partial charge is 0.238 e. The lowest BCUT2D eigenvalue weighted by Gasteiger charge is -2.23. The third kappa shape index (κ3) is 4.64.